The number of alkyl halides is 4. The minimum absolute atomic E-state index is 0. The van der Waals surface area contributed by atoms with Crippen LogP contribution < -0.4 is 9.47 Å². The highest BCUT2D eigenvalue weighted by Crippen LogP contribution is 2.39. The number of carbonyl (C=O) groups excluding carboxylic acids is 2. The van der Waals surface area contributed by atoms with Crippen molar-refractivity contribution in [1.29, 1.82) is 0 Å². The van der Waals surface area contributed by atoms with Crippen molar-refractivity contribution in [2.24, 2.45) is 0 Å². The Labute approximate surface area is 398 Å². The highest BCUT2D eigenvalue weighted by molar-refractivity contribution is 8.93. The van der Waals surface area contributed by atoms with E-state index in [1.54, 1.807) is 104 Å². The smallest absolute Gasteiger partial charge is 0.410 e. The van der Waals surface area contributed by atoms with Crippen LogP contribution in [0.15, 0.2) is 72.8 Å². The van der Waals surface area contributed by atoms with E-state index in [4.69, 9.17) is 18.9 Å². The molecule has 0 saturated carbocycles. The average molecular weight is 1060 g/mol. The summed E-state index contributed by atoms with van der Waals surface area (Å²) in [7, 11) is 0. The molecule has 2 aliphatic heterocycles. The van der Waals surface area contributed by atoms with Crippen molar-refractivity contribution in [3.8, 4) is 11.5 Å². The molecule has 12 nitrogen and oxygen atoms in total. The SMILES string of the molecule is Br.Br.Cc1cc2c(cc1F)nc1n2[C@@H](c2ccccc2OC(F)F)CN(C(=O)OC(C)(C)C)C1.Cc1cc2c(cc1F)nc1n2[C@H](c2ccccc2OC(F)F)CN(C(=O)OC(C)(C)C)C1. The summed E-state index contributed by atoms with van der Waals surface area (Å²) < 4.78 is 105. The normalized spacial score (nSPS) is 15.9. The number of hydrogen-bond acceptors (Lipinski definition) is 8. The molecule has 4 heterocycles. The average Bonchev–Trinajstić information content (AvgIpc) is 3.73. The Balaban J connectivity index is 0.000000240. The molecule has 2 aromatic heterocycles. The number of imidazole rings is 2. The molecule has 8 rings (SSSR count). The first-order valence-electron chi connectivity index (χ1n) is 20.4. The molecule has 66 heavy (non-hydrogen) atoms. The number of rotatable bonds is 6. The van der Waals surface area contributed by atoms with E-state index in [1.165, 1.54) is 34.1 Å². The fourth-order valence-electron chi connectivity index (χ4n) is 7.83. The van der Waals surface area contributed by atoms with Crippen LogP contribution in [0.5, 0.6) is 11.5 Å². The second-order valence-electron chi connectivity index (χ2n) is 17.6. The third kappa shape index (κ3) is 11.4. The zero-order chi connectivity index (χ0) is 46.4. The van der Waals surface area contributed by atoms with Gasteiger partial charge in [0.1, 0.15) is 46.0 Å². The van der Waals surface area contributed by atoms with Crippen LogP contribution in [-0.4, -0.2) is 78.6 Å². The number of nitrogens with zero attached hydrogens (tertiary/aromatic N) is 6. The molecule has 0 bridgehead atoms. The highest BCUT2D eigenvalue weighted by atomic mass is 79.9. The zero-order valence-corrected chi connectivity index (χ0v) is 40.7. The van der Waals surface area contributed by atoms with Crippen LogP contribution in [-0.2, 0) is 22.6 Å². The molecule has 0 spiro atoms. The molecule has 356 valence electrons. The molecule has 0 N–H and O–H groups in total. The molecular formula is C46H50Br2F6N6O6. The number of amides is 2. The van der Waals surface area contributed by atoms with E-state index in [1.807, 2.05) is 9.13 Å². The molecule has 2 atom stereocenters. The lowest BCUT2D eigenvalue weighted by Gasteiger charge is -2.36. The summed E-state index contributed by atoms with van der Waals surface area (Å²) in [5.41, 5.74) is 2.53. The Bertz CT molecular complexity index is 2540. The summed E-state index contributed by atoms with van der Waals surface area (Å²) in [5.74, 6) is 0.220. The van der Waals surface area contributed by atoms with Gasteiger partial charge in [0, 0.05) is 36.3 Å². The van der Waals surface area contributed by atoms with Crippen LogP contribution in [0, 0.1) is 25.5 Å². The Morgan fingerprint density at radius 2 is 0.955 bits per heavy atom. The van der Waals surface area contributed by atoms with Gasteiger partial charge in [0.25, 0.3) is 0 Å². The number of benzene rings is 4. The van der Waals surface area contributed by atoms with E-state index in [2.05, 4.69) is 9.97 Å². The number of para-hydroxylation sites is 2. The summed E-state index contributed by atoms with van der Waals surface area (Å²) in [6, 6.07) is 17.7. The van der Waals surface area contributed by atoms with Crippen LogP contribution in [0.1, 0.15) is 87.5 Å². The molecule has 0 saturated heterocycles. The van der Waals surface area contributed by atoms with E-state index in [0.29, 0.717) is 56.0 Å². The molecule has 0 unspecified atom stereocenters. The van der Waals surface area contributed by atoms with E-state index in [-0.39, 0.29) is 71.6 Å². The lowest BCUT2D eigenvalue weighted by molar-refractivity contribution is -0.0515. The van der Waals surface area contributed by atoms with Crippen molar-refractivity contribution in [3.05, 3.63) is 118 Å². The Morgan fingerprint density at radius 1 is 0.606 bits per heavy atom. The summed E-state index contributed by atoms with van der Waals surface area (Å²) in [4.78, 5) is 37.7. The van der Waals surface area contributed by atoms with Gasteiger partial charge in [0.05, 0.1) is 47.2 Å². The second-order valence-corrected chi connectivity index (χ2v) is 17.6. The largest absolute Gasteiger partial charge is 0.444 e. The van der Waals surface area contributed by atoms with Gasteiger partial charge in [-0.1, -0.05) is 36.4 Å². The van der Waals surface area contributed by atoms with Crippen molar-refractivity contribution in [2.45, 2.75) is 105 Å². The number of hydrogen-bond donors (Lipinski definition) is 0. The van der Waals surface area contributed by atoms with Gasteiger partial charge in [-0.25, -0.2) is 28.3 Å². The van der Waals surface area contributed by atoms with Crippen molar-refractivity contribution in [3.63, 3.8) is 0 Å². The van der Waals surface area contributed by atoms with Crippen molar-refractivity contribution in [2.75, 3.05) is 13.1 Å². The second kappa shape index (κ2) is 20.2. The number of carbonyl (C=O) groups is 2. The van der Waals surface area contributed by atoms with Gasteiger partial charge in [0.2, 0.25) is 0 Å². The third-order valence-corrected chi connectivity index (χ3v) is 10.5. The quantitative estimate of drug-likeness (QED) is 0.152. The van der Waals surface area contributed by atoms with Gasteiger partial charge in [-0.05, 0) is 90.8 Å². The molecule has 20 heteroatoms. The number of fused-ring (bicyclic) bond motifs is 6. The van der Waals surface area contributed by atoms with Crippen molar-refractivity contribution in [1.82, 2.24) is 28.9 Å². The minimum atomic E-state index is -3.00. The minimum Gasteiger partial charge on any atom is -0.444 e. The maximum atomic E-state index is 14.2. The van der Waals surface area contributed by atoms with Gasteiger partial charge in [-0.3, -0.25) is 9.80 Å². The van der Waals surface area contributed by atoms with Gasteiger partial charge in [0.15, 0.2) is 0 Å². The standard InChI is InChI=1S/2C23H24F3N3O3.2BrH/c2*1-13-9-17-16(10-15(13)24)27-20-12-28(22(30)32-23(2,3)4)11-18(29(17)20)14-7-5-6-8-19(14)31-21(25)26;;/h2*5-10,18,21H,11-12H2,1-4H3;2*1H/t2*18-;;/m10../s1. The lowest BCUT2D eigenvalue weighted by Crippen LogP contribution is -2.44. The first-order chi connectivity index (χ1) is 30.1. The highest BCUT2D eigenvalue weighted by Gasteiger charge is 2.37. The molecular weight excluding hydrogens is 1010 g/mol. The lowest BCUT2D eigenvalue weighted by atomic mass is 10.0. The Morgan fingerprint density at radius 3 is 1.29 bits per heavy atom. The number of aryl methyl sites for hydroxylation is 2. The van der Waals surface area contributed by atoms with E-state index in [9.17, 15) is 35.9 Å². The first kappa shape index (κ1) is 51.5. The maximum Gasteiger partial charge on any atom is 0.410 e. The molecule has 0 aliphatic carbocycles. The van der Waals surface area contributed by atoms with Crippen LogP contribution in [0.2, 0.25) is 0 Å². The van der Waals surface area contributed by atoms with Gasteiger partial charge < -0.3 is 28.1 Å². The van der Waals surface area contributed by atoms with E-state index < -0.39 is 60.3 Å². The van der Waals surface area contributed by atoms with E-state index >= 15 is 0 Å². The van der Waals surface area contributed by atoms with Gasteiger partial charge in [-0.2, -0.15) is 17.6 Å². The fourth-order valence-corrected chi connectivity index (χ4v) is 7.83. The topological polar surface area (TPSA) is 113 Å². The summed E-state index contributed by atoms with van der Waals surface area (Å²) in [6.45, 7) is 8.43. The molecule has 0 radical (unpaired) electrons. The molecule has 6 aromatic rings. The third-order valence-electron chi connectivity index (χ3n) is 10.5. The maximum absolute atomic E-state index is 14.2. The van der Waals surface area contributed by atoms with Crippen LogP contribution >= 0.6 is 34.0 Å². The number of halogens is 8. The van der Waals surface area contributed by atoms with E-state index in [0.717, 1.165) is 0 Å². The summed E-state index contributed by atoms with van der Waals surface area (Å²) >= 11 is 0. The van der Waals surface area contributed by atoms with Crippen LogP contribution in [0.4, 0.5) is 35.9 Å². The van der Waals surface area contributed by atoms with Crippen LogP contribution in [0.3, 0.4) is 0 Å². The van der Waals surface area contributed by atoms with Crippen molar-refractivity contribution >= 4 is 68.2 Å². The van der Waals surface area contributed by atoms with Gasteiger partial charge in [-0.15, -0.1) is 34.0 Å². The molecule has 0 fully saturated rings. The zero-order valence-electron chi connectivity index (χ0n) is 37.3. The first-order valence-corrected chi connectivity index (χ1v) is 20.4. The Hall–Kier alpha value is -5.50. The monoisotopic (exact) mass is 1050 g/mol. The summed E-state index contributed by atoms with van der Waals surface area (Å²) in [5, 5.41) is 0. The molecule has 2 aliphatic rings. The predicted octanol–water partition coefficient (Wildman–Crippen LogP) is 12.0. The van der Waals surface area contributed by atoms with Crippen LogP contribution in [0.25, 0.3) is 22.1 Å². The fraction of sp³-hybridized carbons (Fsp3) is 0.391. The number of aromatic nitrogens is 4. The Kier molecular flexibility index (Phi) is 15.7. The number of ether oxygens (including phenoxy) is 4. The van der Waals surface area contributed by atoms with Crippen molar-refractivity contribution < 1.29 is 54.9 Å². The summed E-state index contributed by atoms with van der Waals surface area (Å²) in [6.07, 6.45) is -1.09. The molecule has 2 amide bonds. The predicted molar refractivity (Wildman–Crippen MR) is 245 cm³/mol. The van der Waals surface area contributed by atoms with Gasteiger partial charge >= 0.3 is 25.4 Å². The molecule has 4 aromatic carbocycles.